The van der Waals surface area contributed by atoms with E-state index >= 15 is 0 Å². The highest BCUT2D eigenvalue weighted by molar-refractivity contribution is 4.88. The van der Waals surface area contributed by atoms with E-state index < -0.39 is 0 Å². The van der Waals surface area contributed by atoms with Crippen LogP contribution in [0.25, 0.3) is 0 Å². The summed E-state index contributed by atoms with van der Waals surface area (Å²) in [6, 6.07) is 1.37. The second-order valence-corrected chi connectivity index (χ2v) is 6.38. The second-order valence-electron chi connectivity index (χ2n) is 6.38. The molecule has 1 atom stereocenters. The van der Waals surface area contributed by atoms with Crippen LogP contribution in [0.3, 0.4) is 0 Å². The van der Waals surface area contributed by atoms with Crippen molar-refractivity contribution in [1.82, 2.24) is 5.32 Å². The Balaban J connectivity index is 1.44. The third kappa shape index (κ3) is 2.73. The van der Waals surface area contributed by atoms with Crippen molar-refractivity contribution in [3.63, 3.8) is 0 Å². The average molecular weight is 253 g/mol. The molecule has 0 unspecified atom stereocenters. The minimum Gasteiger partial charge on any atom is -0.348 e. The molecule has 3 nitrogen and oxygen atoms in total. The van der Waals surface area contributed by atoms with Gasteiger partial charge in [-0.15, -0.1) is 0 Å². The Morgan fingerprint density at radius 1 is 1.00 bits per heavy atom. The van der Waals surface area contributed by atoms with E-state index in [-0.39, 0.29) is 5.79 Å². The summed E-state index contributed by atoms with van der Waals surface area (Å²) >= 11 is 0. The predicted molar refractivity (Wildman–Crippen MR) is 71.4 cm³/mol. The quantitative estimate of drug-likeness (QED) is 0.839. The lowest BCUT2D eigenvalue weighted by Gasteiger charge is -2.37. The molecule has 2 saturated carbocycles. The van der Waals surface area contributed by atoms with Gasteiger partial charge in [0.25, 0.3) is 0 Å². The predicted octanol–water partition coefficient (Wildman–Crippen LogP) is 2.84. The lowest BCUT2D eigenvalue weighted by atomic mass is 9.88. The van der Waals surface area contributed by atoms with Crippen LogP contribution in [0.5, 0.6) is 0 Å². The number of nitrogens with one attached hydrogen (secondary N) is 1. The highest BCUT2D eigenvalue weighted by atomic mass is 16.7. The first-order valence-corrected chi connectivity index (χ1v) is 7.81. The third-order valence-electron chi connectivity index (χ3n) is 5.17. The Kier molecular flexibility index (Phi) is 3.92. The fourth-order valence-corrected chi connectivity index (χ4v) is 3.98. The van der Waals surface area contributed by atoms with E-state index in [0.717, 1.165) is 32.0 Å². The van der Waals surface area contributed by atoms with Gasteiger partial charge < -0.3 is 14.8 Å². The van der Waals surface area contributed by atoms with Gasteiger partial charge in [0, 0.05) is 24.9 Å². The molecule has 1 aliphatic heterocycles. The van der Waals surface area contributed by atoms with Gasteiger partial charge in [-0.1, -0.05) is 12.8 Å². The van der Waals surface area contributed by atoms with Gasteiger partial charge in [-0.3, -0.25) is 0 Å². The molecule has 0 aromatic rings. The molecule has 18 heavy (non-hydrogen) atoms. The molecule has 0 amide bonds. The SMILES string of the molecule is C[C@@H](NC1CCC2(CC1)OCCO2)C1CCCC1. The van der Waals surface area contributed by atoms with Gasteiger partial charge in [-0.05, 0) is 38.5 Å². The maximum absolute atomic E-state index is 5.78. The monoisotopic (exact) mass is 253 g/mol. The topological polar surface area (TPSA) is 30.5 Å². The first kappa shape index (κ1) is 12.9. The van der Waals surface area contributed by atoms with Crippen LogP contribution in [-0.4, -0.2) is 31.1 Å². The van der Waals surface area contributed by atoms with Crippen LogP contribution < -0.4 is 5.32 Å². The Hall–Kier alpha value is -0.120. The van der Waals surface area contributed by atoms with Crippen LogP contribution >= 0.6 is 0 Å². The van der Waals surface area contributed by atoms with E-state index in [1.807, 2.05) is 0 Å². The van der Waals surface area contributed by atoms with E-state index in [2.05, 4.69) is 12.2 Å². The summed E-state index contributed by atoms with van der Waals surface area (Å²) < 4.78 is 11.6. The summed E-state index contributed by atoms with van der Waals surface area (Å²) in [5, 5.41) is 3.86. The Morgan fingerprint density at radius 3 is 2.22 bits per heavy atom. The second kappa shape index (κ2) is 5.48. The van der Waals surface area contributed by atoms with Gasteiger partial charge in [0.15, 0.2) is 5.79 Å². The molecule has 0 radical (unpaired) electrons. The van der Waals surface area contributed by atoms with Crippen molar-refractivity contribution in [2.45, 2.75) is 76.2 Å². The normalized spacial score (nSPS) is 31.2. The van der Waals surface area contributed by atoms with Crippen LogP contribution in [0.1, 0.15) is 58.3 Å². The number of hydrogen-bond acceptors (Lipinski definition) is 3. The fourth-order valence-electron chi connectivity index (χ4n) is 3.98. The molecule has 1 heterocycles. The maximum Gasteiger partial charge on any atom is 0.168 e. The molecule has 3 heteroatoms. The van der Waals surface area contributed by atoms with Crippen LogP contribution in [0.4, 0.5) is 0 Å². The van der Waals surface area contributed by atoms with Gasteiger partial charge in [-0.2, -0.15) is 0 Å². The molecule has 0 aromatic heterocycles. The minimum atomic E-state index is -0.200. The minimum absolute atomic E-state index is 0.200. The molecule has 0 aromatic carbocycles. The number of hydrogen-bond donors (Lipinski definition) is 1. The molecular weight excluding hydrogens is 226 g/mol. The summed E-state index contributed by atoms with van der Waals surface area (Å²) in [6.45, 7) is 3.95. The van der Waals surface area contributed by atoms with E-state index in [1.165, 1.54) is 38.5 Å². The summed E-state index contributed by atoms with van der Waals surface area (Å²) in [7, 11) is 0. The molecule has 3 fully saturated rings. The van der Waals surface area contributed by atoms with Crippen molar-refractivity contribution >= 4 is 0 Å². The van der Waals surface area contributed by atoms with Crippen LogP contribution in [-0.2, 0) is 9.47 Å². The third-order valence-corrected chi connectivity index (χ3v) is 5.17. The first-order chi connectivity index (χ1) is 8.77. The molecule has 1 saturated heterocycles. The van der Waals surface area contributed by atoms with Crippen LogP contribution in [0, 0.1) is 5.92 Å². The van der Waals surface area contributed by atoms with Gasteiger partial charge in [0.2, 0.25) is 0 Å². The van der Waals surface area contributed by atoms with Crippen LogP contribution in [0.2, 0.25) is 0 Å². The van der Waals surface area contributed by atoms with E-state index in [4.69, 9.17) is 9.47 Å². The lowest BCUT2D eigenvalue weighted by Crippen LogP contribution is -2.46. The highest BCUT2D eigenvalue weighted by Crippen LogP contribution is 2.36. The van der Waals surface area contributed by atoms with E-state index in [9.17, 15) is 0 Å². The maximum atomic E-state index is 5.78. The zero-order valence-electron chi connectivity index (χ0n) is 11.6. The Bertz CT molecular complexity index is 260. The first-order valence-electron chi connectivity index (χ1n) is 7.81. The van der Waals surface area contributed by atoms with E-state index in [1.54, 1.807) is 0 Å². The molecule has 3 aliphatic rings. The van der Waals surface area contributed by atoms with Crippen molar-refractivity contribution < 1.29 is 9.47 Å². The number of ether oxygens (including phenoxy) is 2. The molecule has 0 bridgehead atoms. The zero-order chi connectivity index (χ0) is 12.4. The summed E-state index contributed by atoms with van der Waals surface area (Å²) in [5.74, 6) is 0.717. The lowest BCUT2D eigenvalue weighted by molar-refractivity contribution is -0.179. The summed E-state index contributed by atoms with van der Waals surface area (Å²) in [4.78, 5) is 0. The Labute approximate surface area is 111 Å². The molecule has 104 valence electrons. The van der Waals surface area contributed by atoms with E-state index in [0.29, 0.717) is 12.1 Å². The van der Waals surface area contributed by atoms with Crippen molar-refractivity contribution in [2.24, 2.45) is 5.92 Å². The molecule has 2 aliphatic carbocycles. The molecule has 1 N–H and O–H groups in total. The van der Waals surface area contributed by atoms with Gasteiger partial charge in [0.1, 0.15) is 0 Å². The molecule has 3 rings (SSSR count). The highest BCUT2D eigenvalue weighted by Gasteiger charge is 2.40. The van der Waals surface area contributed by atoms with Gasteiger partial charge in [-0.25, -0.2) is 0 Å². The zero-order valence-corrected chi connectivity index (χ0v) is 11.6. The van der Waals surface area contributed by atoms with Crippen molar-refractivity contribution in [3.05, 3.63) is 0 Å². The largest absolute Gasteiger partial charge is 0.348 e. The number of rotatable bonds is 3. The smallest absolute Gasteiger partial charge is 0.168 e. The summed E-state index contributed by atoms with van der Waals surface area (Å²) in [5.41, 5.74) is 0. The average Bonchev–Trinajstić information content (AvgIpc) is 3.04. The molecule has 1 spiro atoms. The fraction of sp³-hybridized carbons (Fsp3) is 1.00. The molecular formula is C15H27NO2. The van der Waals surface area contributed by atoms with Crippen LogP contribution in [0.15, 0.2) is 0 Å². The van der Waals surface area contributed by atoms with Crippen molar-refractivity contribution in [2.75, 3.05) is 13.2 Å². The Morgan fingerprint density at radius 2 is 1.61 bits per heavy atom. The summed E-state index contributed by atoms with van der Waals surface area (Å²) in [6.07, 6.45) is 10.3. The van der Waals surface area contributed by atoms with Gasteiger partial charge >= 0.3 is 0 Å². The van der Waals surface area contributed by atoms with Crippen molar-refractivity contribution in [1.29, 1.82) is 0 Å². The van der Waals surface area contributed by atoms with Gasteiger partial charge in [0.05, 0.1) is 13.2 Å². The van der Waals surface area contributed by atoms with Crippen molar-refractivity contribution in [3.8, 4) is 0 Å². The standard InChI is InChI=1S/C15H27NO2/c1-12(13-4-2-3-5-13)16-14-6-8-15(9-7-14)17-10-11-18-15/h12-14,16H,2-11H2,1H3/t12-/m1/s1.